The van der Waals surface area contributed by atoms with Crippen LogP contribution in [-0.4, -0.2) is 23.7 Å². The van der Waals surface area contributed by atoms with Crippen LogP contribution in [0.3, 0.4) is 0 Å². The Balaban J connectivity index is 1.53. The topological polar surface area (TPSA) is 54.1 Å². The van der Waals surface area contributed by atoms with E-state index >= 15 is 0 Å². The van der Waals surface area contributed by atoms with Gasteiger partial charge >= 0.3 is 0 Å². The second-order valence-electron chi connectivity index (χ2n) is 9.28. The summed E-state index contributed by atoms with van der Waals surface area (Å²) >= 11 is 6.50. The van der Waals surface area contributed by atoms with E-state index in [2.05, 4.69) is 54.5 Å². The Labute approximate surface area is 201 Å². The quantitative estimate of drug-likeness (QED) is 0.349. The molecule has 2 aromatic carbocycles. The third kappa shape index (κ3) is 5.12. The minimum absolute atomic E-state index is 0.115. The highest BCUT2D eigenvalue weighted by molar-refractivity contribution is 6.32. The molecule has 5 heteroatoms. The number of hydrogen-bond acceptors (Lipinski definition) is 3. The Bertz CT molecular complexity index is 1100. The van der Waals surface area contributed by atoms with Gasteiger partial charge in [-0.3, -0.25) is 4.79 Å². The summed E-state index contributed by atoms with van der Waals surface area (Å²) in [5.74, 6) is 0.667. The second kappa shape index (κ2) is 10.8. The summed E-state index contributed by atoms with van der Waals surface area (Å²) in [5.41, 5.74) is 1.42. The van der Waals surface area contributed by atoms with Gasteiger partial charge in [-0.1, -0.05) is 62.2 Å². The first kappa shape index (κ1) is 23.8. The number of aromatic amines is 1. The number of hydrogen-bond donors (Lipinski definition) is 2. The van der Waals surface area contributed by atoms with Crippen molar-refractivity contribution in [3.8, 4) is 5.75 Å². The third-order valence-corrected chi connectivity index (χ3v) is 7.58. The number of fused-ring (bicyclic) bond motifs is 1. The maximum Gasteiger partial charge on any atom is 0.255 e. The molecule has 176 valence electrons. The zero-order chi connectivity index (χ0) is 23.3. The predicted molar refractivity (Wildman–Crippen MR) is 138 cm³/mol. The summed E-state index contributed by atoms with van der Waals surface area (Å²) in [4.78, 5) is 14.8. The molecule has 1 saturated carbocycles. The monoisotopic (exact) mass is 466 g/mol. The minimum atomic E-state index is -0.132. The molecule has 2 N–H and O–H groups in total. The molecule has 1 aliphatic carbocycles. The maximum atomic E-state index is 12.1. The van der Waals surface area contributed by atoms with Gasteiger partial charge in [0.1, 0.15) is 5.75 Å². The van der Waals surface area contributed by atoms with Gasteiger partial charge in [0.15, 0.2) is 0 Å². The third-order valence-electron chi connectivity index (χ3n) is 7.29. The molecule has 0 amide bonds. The molecule has 0 unspecified atom stereocenters. The van der Waals surface area contributed by atoms with E-state index in [0.29, 0.717) is 22.2 Å². The van der Waals surface area contributed by atoms with Gasteiger partial charge in [-0.2, -0.15) is 0 Å². The molecule has 4 nitrogen and oxygen atoms in total. The van der Waals surface area contributed by atoms with Crippen molar-refractivity contribution in [1.82, 2.24) is 10.3 Å². The van der Waals surface area contributed by atoms with Gasteiger partial charge in [-0.15, -0.1) is 0 Å². The van der Waals surface area contributed by atoms with Crippen molar-refractivity contribution in [2.45, 2.75) is 76.4 Å². The molecule has 0 saturated heterocycles. The highest BCUT2D eigenvalue weighted by atomic mass is 35.5. The Morgan fingerprint density at radius 3 is 2.61 bits per heavy atom. The van der Waals surface area contributed by atoms with Crippen LogP contribution in [0.1, 0.15) is 64.4 Å². The molecule has 3 aromatic rings. The van der Waals surface area contributed by atoms with Crippen LogP contribution in [0.5, 0.6) is 5.75 Å². The lowest BCUT2D eigenvalue weighted by Crippen LogP contribution is -2.51. The van der Waals surface area contributed by atoms with E-state index in [1.165, 1.54) is 18.4 Å². The zero-order valence-corrected chi connectivity index (χ0v) is 20.5. The lowest BCUT2D eigenvalue weighted by atomic mass is 9.63. The highest BCUT2D eigenvalue weighted by Gasteiger charge is 2.42. The maximum absolute atomic E-state index is 12.1. The summed E-state index contributed by atoms with van der Waals surface area (Å²) in [6.45, 7) is 5.61. The van der Waals surface area contributed by atoms with Gasteiger partial charge in [0.05, 0.1) is 11.1 Å². The number of halogens is 1. The molecule has 1 heterocycles. The molecule has 1 aromatic heterocycles. The summed E-state index contributed by atoms with van der Waals surface area (Å²) in [6.07, 6.45) is 9.39. The highest BCUT2D eigenvalue weighted by Crippen LogP contribution is 2.44. The van der Waals surface area contributed by atoms with Crippen molar-refractivity contribution in [1.29, 1.82) is 0 Å². The van der Waals surface area contributed by atoms with Crippen molar-refractivity contribution in [2.75, 3.05) is 6.54 Å². The van der Waals surface area contributed by atoms with Gasteiger partial charge in [0, 0.05) is 23.0 Å². The SMILES string of the molecule is CCCCN[C@H](CC)[C@]1(c2ccccc2)CC[C@@H](Oc2cc3cc[nH]c(=O)c3cc2Cl)CC1. The first-order valence-electron chi connectivity index (χ1n) is 12.3. The molecule has 1 atom stereocenters. The molecular formula is C28H35ClN2O2. The first-order valence-corrected chi connectivity index (χ1v) is 12.7. The Morgan fingerprint density at radius 1 is 1.15 bits per heavy atom. The van der Waals surface area contributed by atoms with Crippen molar-refractivity contribution < 1.29 is 4.74 Å². The fourth-order valence-corrected chi connectivity index (χ4v) is 5.68. The van der Waals surface area contributed by atoms with Gasteiger partial charge in [-0.25, -0.2) is 0 Å². The van der Waals surface area contributed by atoms with Crippen molar-refractivity contribution in [3.05, 3.63) is 75.7 Å². The van der Waals surface area contributed by atoms with Crippen molar-refractivity contribution in [2.24, 2.45) is 0 Å². The zero-order valence-electron chi connectivity index (χ0n) is 19.7. The van der Waals surface area contributed by atoms with Gasteiger partial charge < -0.3 is 15.0 Å². The molecule has 4 rings (SSSR count). The average molecular weight is 467 g/mol. The number of H-pyrrole nitrogens is 1. The van der Waals surface area contributed by atoms with Gasteiger partial charge in [-0.05, 0) is 74.2 Å². The van der Waals surface area contributed by atoms with Crippen molar-refractivity contribution >= 4 is 22.4 Å². The van der Waals surface area contributed by atoms with E-state index in [1.807, 2.05) is 12.1 Å². The number of unbranched alkanes of at least 4 members (excludes halogenated alkanes) is 1. The molecule has 0 aliphatic heterocycles. The fourth-order valence-electron chi connectivity index (χ4n) is 5.47. The van der Waals surface area contributed by atoms with Crippen LogP contribution in [0.25, 0.3) is 10.8 Å². The molecular weight excluding hydrogens is 432 g/mol. The molecule has 0 bridgehead atoms. The number of rotatable bonds is 9. The summed E-state index contributed by atoms with van der Waals surface area (Å²) in [7, 11) is 0. The van der Waals surface area contributed by atoms with E-state index in [9.17, 15) is 4.79 Å². The van der Waals surface area contributed by atoms with Gasteiger partial charge in [0.2, 0.25) is 0 Å². The fraction of sp³-hybridized carbons (Fsp3) is 0.464. The lowest BCUT2D eigenvalue weighted by molar-refractivity contribution is 0.0960. The Kier molecular flexibility index (Phi) is 7.77. The molecule has 0 radical (unpaired) electrons. The van der Waals surface area contributed by atoms with E-state index in [4.69, 9.17) is 16.3 Å². The first-order chi connectivity index (χ1) is 16.1. The lowest BCUT2D eigenvalue weighted by Gasteiger charge is -2.46. The van der Waals surface area contributed by atoms with Crippen LogP contribution in [0.2, 0.25) is 5.02 Å². The Hall–Kier alpha value is -2.30. The average Bonchev–Trinajstić information content (AvgIpc) is 2.84. The predicted octanol–water partition coefficient (Wildman–Crippen LogP) is 6.61. The van der Waals surface area contributed by atoms with Crippen LogP contribution >= 0.6 is 11.6 Å². The van der Waals surface area contributed by atoms with Crippen LogP contribution in [-0.2, 0) is 5.41 Å². The van der Waals surface area contributed by atoms with Crippen LogP contribution in [0.15, 0.2) is 59.5 Å². The van der Waals surface area contributed by atoms with E-state index < -0.39 is 0 Å². The number of pyridine rings is 1. The number of nitrogens with one attached hydrogen (secondary N) is 2. The smallest absolute Gasteiger partial charge is 0.255 e. The number of benzene rings is 2. The van der Waals surface area contributed by atoms with Crippen LogP contribution in [0.4, 0.5) is 0 Å². The summed E-state index contributed by atoms with van der Waals surface area (Å²) in [5, 5.41) is 5.81. The van der Waals surface area contributed by atoms with E-state index in [-0.39, 0.29) is 17.1 Å². The van der Waals surface area contributed by atoms with Gasteiger partial charge in [0.25, 0.3) is 5.56 Å². The van der Waals surface area contributed by atoms with Crippen LogP contribution in [0, 0.1) is 0 Å². The summed E-state index contributed by atoms with van der Waals surface area (Å²) < 4.78 is 6.41. The van der Waals surface area contributed by atoms with Crippen LogP contribution < -0.4 is 15.6 Å². The standard InChI is InChI=1S/C28H35ClN2O2/c1-3-5-16-30-26(4-2)28(21-9-7-6-8-10-21)14-11-22(12-15-28)33-25-18-20-13-17-31-27(32)23(20)19-24(25)29/h6-10,13,17-19,22,26,30H,3-5,11-12,14-16H2,1-2H3,(H,31,32)/t22-,26-,28-/m1/s1. The second-order valence-corrected chi connectivity index (χ2v) is 9.69. The normalized spacial score (nSPS) is 21.7. The van der Waals surface area contributed by atoms with E-state index in [1.54, 1.807) is 12.3 Å². The minimum Gasteiger partial charge on any atom is -0.489 e. The number of ether oxygens (including phenoxy) is 1. The van der Waals surface area contributed by atoms with Crippen molar-refractivity contribution in [3.63, 3.8) is 0 Å². The molecule has 33 heavy (non-hydrogen) atoms. The summed E-state index contributed by atoms with van der Waals surface area (Å²) in [6, 6.07) is 17.0. The Morgan fingerprint density at radius 2 is 1.91 bits per heavy atom. The largest absolute Gasteiger partial charge is 0.489 e. The number of aromatic nitrogens is 1. The molecule has 0 spiro atoms. The van der Waals surface area contributed by atoms with E-state index in [0.717, 1.165) is 44.0 Å². The molecule has 1 aliphatic rings. The molecule has 1 fully saturated rings.